The van der Waals surface area contributed by atoms with Gasteiger partial charge < -0.3 is 15.2 Å². The summed E-state index contributed by atoms with van der Waals surface area (Å²) in [6.45, 7) is 2.57. The first-order chi connectivity index (χ1) is 8.19. The number of hydrogen-bond acceptors (Lipinski definition) is 5. The van der Waals surface area contributed by atoms with Crippen molar-refractivity contribution < 1.29 is 9.84 Å². The molecular formula is C11H18ClN3O2. The second-order valence-corrected chi connectivity index (χ2v) is 4.04. The third-order valence-corrected chi connectivity index (χ3v) is 2.45. The van der Waals surface area contributed by atoms with Crippen molar-refractivity contribution in [1.82, 2.24) is 9.97 Å². The summed E-state index contributed by atoms with van der Waals surface area (Å²) in [6, 6.07) is 1.68. The highest BCUT2D eigenvalue weighted by molar-refractivity contribution is 6.29. The molecule has 5 nitrogen and oxygen atoms in total. The number of halogens is 1. The SMILES string of the molecule is CCc1nc(Cl)cc(NC(CCO)COC)n1. The van der Waals surface area contributed by atoms with E-state index >= 15 is 0 Å². The number of aliphatic hydroxyl groups is 1. The smallest absolute Gasteiger partial charge is 0.134 e. The van der Waals surface area contributed by atoms with Gasteiger partial charge in [-0.15, -0.1) is 0 Å². The van der Waals surface area contributed by atoms with E-state index in [0.717, 1.165) is 6.42 Å². The molecule has 1 aromatic heterocycles. The molecular weight excluding hydrogens is 242 g/mol. The van der Waals surface area contributed by atoms with Crippen molar-refractivity contribution in [3.8, 4) is 0 Å². The minimum Gasteiger partial charge on any atom is -0.396 e. The third-order valence-electron chi connectivity index (χ3n) is 2.25. The van der Waals surface area contributed by atoms with Gasteiger partial charge in [-0.25, -0.2) is 9.97 Å². The van der Waals surface area contributed by atoms with Crippen molar-refractivity contribution in [3.05, 3.63) is 17.0 Å². The maximum atomic E-state index is 8.94. The first-order valence-electron chi connectivity index (χ1n) is 5.59. The highest BCUT2D eigenvalue weighted by atomic mass is 35.5. The Morgan fingerprint density at radius 1 is 1.53 bits per heavy atom. The molecule has 96 valence electrons. The van der Waals surface area contributed by atoms with E-state index in [0.29, 0.717) is 29.8 Å². The number of aryl methyl sites for hydroxylation is 1. The van der Waals surface area contributed by atoms with Crippen LogP contribution in [0.25, 0.3) is 0 Å². The molecule has 0 saturated heterocycles. The monoisotopic (exact) mass is 259 g/mol. The highest BCUT2D eigenvalue weighted by Crippen LogP contribution is 2.13. The van der Waals surface area contributed by atoms with Crippen molar-refractivity contribution >= 4 is 17.4 Å². The molecule has 17 heavy (non-hydrogen) atoms. The van der Waals surface area contributed by atoms with Crippen LogP contribution in [-0.4, -0.2) is 41.4 Å². The minimum absolute atomic E-state index is 0.0145. The maximum Gasteiger partial charge on any atom is 0.134 e. The van der Waals surface area contributed by atoms with Gasteiger partial charge in [0.1, 0.15) is 16.8 Å². The molecule has 0 bridgehead atoms. The Kier molecular flexibility index (Phi) is 6.18. The summed E-state index contributed by atoms with van der Waals surface area (Å²) in [7, 11) is 1.62. The zero-order valence-corrected chi connectivity index (χ0v) is 10.9. The van der Waals surface area contributed by atoms with Crippen molar-refractivity contribution in [1.29, 1.82) is 0 Å². The molecule has 1 atom stereocenters. The number of hydrogen-bond donors (Lipinski definition) is 2. The topological polar surface area (TPSA) is 67.3 Å². The molecule has 0 aliphatic rings. The lowest BCUT2D eigenvalue weighted by molar-refractivity contribution is 0.170. The predicted octanol–water partition coefficient (Wildman–Crippen LogP) is 1.50. The Morgan fingerprint density at radius 3 is 2.88 bits per heavy atom. The molecule has 0 radical (unpaired) electrons. The van der Waals surface area contributed by atoms with Gasteiger partial charge in [0.25, 0.3) is 0 Å². The fourth-order valence-electron chi connectivity index (χ4n) is 1.46. The summed E-state index contributed by atoms with van der Waals surface area (Å²) in [5.41, 5.74) is 0. The van der Waals surface area contributed by atoms with Crippen LogP contribution in [0.4, 0.5) is 5.82 Å². The summed E-state index contributed by atoms with van der Waals surface area (Å²) in [4.78, 5) is 8.40. The number of anilines is 1. The van der Waals surface area contributed by atoms with Gasteiger partial charge >= 0.3 is 0 Å². The molecule has 0 saturated carbocycles. The number of methoxy groups -OCH3 is 1. The van der Waals surface area contributed by atoms with E-state index < -0.39 is 0 Å². The zero-order chi connectivity index (χ0) is 12.7. The quantitative estimate of drug-likeness (QED) is 0.727. The summed E-state index contributed by atoms with van der Waals surface area (Å²) >= 11 is 5.89. The van der Waals surface area contributed by atoms with Crippen LogP contribution in [0.5, 0.6) is 0 Å². The van der Waals surface area contributed by atoms with Crippen LogP contribution >= 0.6 is 11.6 Å². The largest absolute Gasteiger partial charge is 0.396 e. The van der Waals surface area contributed by atoms with Crippen molar-refractivity contribution in [3.63, 3.8) is 0 Å². The highest BCUT2D eigenvalue weighted by Gasteiger charge is 2.10. The van der Waals surface area contributed by atoms with Crippen LogP contribution in [0.15, 0.2) is 6.07 Å². The van der Waals surface area contributed by atoms with E-state index in [1.54, 1.807) is 13.2 Å². The van der Waals surface area contributed by atoms with E-state index in [9.17, 15) is 0 Å². The standard InChI is InChI=1S/C11H18ClN3O2/c1-3-10-14-9(12)6-11(15-10)13-8(4-5-16)7-17-2/h6,8,16H,3-5,7H2,1-2H3,(H,13,14,15). The fraction of sp³-hybridized carbons (Fsp3) is 0.636. The molecule has 0 aromatic carbocycles. The van der Waals surface area contributed by atoms with Gasteiger partial charge in [-0.1, -0.05) is 18.5 Å². The summed E-state index contributed by atoms with van der Waals surface area (Å²) in [5, 5.41) is 12.5. The first kappa shape index (κ1) is 14.2. The van der Waals surface area contributed by atoms with Gasteiger partial charge in [0.15, 0.2) is 0 Å². The molecule has 0 aliphatic carbocycles. The molecule has 2 N–H and O–H groups in total. The Morgan fingerprint density at radius 2 is 2.29 bits per heavy atom. The van der Waals surface area contributed by atoms with Gasteiger partial charge in [0.2, 0.25) is 0 Å². The molecule has 6 heteroatoms. The Balaban J connectivity index is 2.73. The van der Waals surface area contributed by atoms with E-state index in [1.807, 2.05) is 6.92 Å². The molecule has 1 rings (SSSR count). The fourth-order valence-corrected chi connectivity index (χ4v) is 1.66. The normalized spacial score (nSPS) is 12.5. The number of ether oxygens (including phenoxy) is 1. The van der Waals surface area contributed by atoms with E-state index in [4.69, 9.17) is 21.4 Å². The second kappa shape index (κ2) is 7.42. The van der Waals surface area contributed by atoms with Crippen LogP contribution in [0, 0.1) is 0 Å². The average Bonchev–Trinajstić information content (AvgIpc) is 2.29. The number of aliphatic hydroxyl groups excluding tert-OH is 1. The summed E-state index contributed by atoms with van der Waals surface area (Å²) in [5.74, 6) is 1.36. The average molecular weight is 260 g/mol. The van der Waals surface area contributed by atoms with Crippen molar-refractivity contribution in [2.45, 2.75) is 25.8 Å². The number of nitrogens with one attached hydrogen (secondary N) is 1. The summed E-state index contributed by atoms with van der Waals surface area (Å²) in [6.07, 6.45) is 1.32. The Labute approximate surface area is 106 Å². The van der Waals surface area contributed by atoms with E-state index in [2.05, 4.69) is 15.3 Å². The number of aromatic nitrogens is 2. The van der Waals surface area contributed by atoms with Crippen molar-refractivity contribution in [2.75, 3.05) is 25.6 Å². The van der Waals surface area contributed by atoms with Gasteiger partial charge in [-0.2, -0.15) is 0 Å². The van der Waals surface area contributed by atoms with Gasteiger partial charge in [-0.3, -0.25) is 0 Å². The second-order valence-electron chi connectivity index (χ2n) is 3.65. The summed E-state index contributed by atoms with van der Waals surface area (Å²) < 4.78 is 5.07. The van der Waals surface area contributed by atoms with Crippen LogP contribution in [0.1, 0.15) is 19.2 Å². The van der Waals surface area contributed by atoms with Crippen LogP contribution in [-0.2, 0) is 11.2 Å². The Bertz CT molecular complexity index is 343. The minimum atomic E-state index is 0.0145. The van der Waals surface area contributed by atoms with Crippen LogP contribution in [0.2, 0.25) is 5.15 Å². The molecule has 1 unspecified atom stereocenters. The zero-order valence-electron chi connectivity index (χ0n) is 10.1. The molecule has 0 aliphatic heterocycles. The van der Waals surface area contributed by atoms with Gasteiger partial charge in [0, 0.05) is 26.2 Å². The predicted molar refractivity (Wildman–Crippen MR) is 67.4 cm³/mol. The molecule has 1 heterocycles. The van der Waals surface area contributed by atoms with Gasteiger partial charge in [0.05, 0.1) is 12.6 Å². The lowest BCUT2D eigenvalue weighted by Gasteiger charge is -2.17. The molecule has 0 spiro atoms. The van der Waals surface area contributed by atoms with Crippen molar-refractivity contribution in [2.24, 2.45) is 0 Å². The first-order valence-corrected chi connectivity index (χ1v) is 5.97. The molecule has 0 fully saturated rings. The number of nitrogens with zero attached hydrogens (tertiary/aromatic N) is 2. The Hall–Kier alpha value is -0.910. The van der Waals surface area contributed by atoms with Crippen LogP contribution < -0.4 is 5.32 Å². The lowest BCUT2D eigenvalue weighted by Crippen LogP contribution is -2.26. The molecule has 1 aromatic rings. The van der Waals surface area contributed by atoms with E-state index in [1.165, 1.54) is 0 Å². The molecule has 0 amide bonds. The van der Waals surface area contributed by atoms with E-state index in [-0.39, 0.29) is 12.6 Å². The lowest BCUT2D eigenvalue weighted by atomic mass is 10.2. The third kappa shape index (κ3) is 4.85. The van der Waals surface area contributed by atoms with Gasteiger partial charge in [-0.05, 0) is 6.42 Å². The number of rotatable bonds is 7. The maximum absolute atomic E-state index is 8.94. The van der Waals surface area contributed by atoms with Crippen LogP contribution in [0.3, 0.4) is 0 Å².